The number of primary sulfonamides is 1. The summed E-state index contributed by atoms with van der Waals surface area (Å²) in [5.41, 5.74) is -1.67. The van der Waals surface area contributed by atoms with Gasteiger partial charge in [0.2, 0.25) is 10.0 Å². The summed E-state index contributed by atoms with van der Waals surface area (Å²) in [4.78, 5) is 13.3. The number of anilines is 2. The fourth-order valence-corrected chi connectivity index (χ4v) is 4.03. The topological polar surface area (TPSA) is 110 Å². The molecule has 1 aliphatic rings. The minimum absolute atomic E-state index is 0.0249. The van der Waals surface area contributed by atoms with Gasteiger partial charge in [0.25, 0.3) is 5.69 Å². The van der Waals surface area contributed by atoms with Gasteiger partial charge in [0.1, 0.15) is 10.5 Å². The molecule has 3 rings (SSSR count). The lowest BCUT2D eigenvalue weighted by Gasteiger charge is -2.38. The molecule has 0 amide bonds. The summed E-state index contributed by atoms with van der Waals surface area (Å²) in [5.74, 6) is 0. The van der Waals surface area contributed by atoms with E-state index in [1.54, 1.807) is 28.0 Å². The van der Waals surface area contributed by atoms with E-state index >= 15 is 0 Å². The summed E-state index contributed by atoms with van der Waals surface area (Å²) in [5, 5.41) is 16.1. The molecule has 12 heteroatoms. The van der Waals surface area contributed by atoms with Crippen LogP contribution in [0.15, 0.2) is 47.4 Å². The Kier molecular flexibility index (Phi) is 5.41. The van der Waals surface area contributed by atoms with Crippen molar-refractivity contribution in [1.29, 1.82) is 0 Å². The van der Waals surface area contributed by atoms with E-state index in [0.717, 1.165) is 12.1 Å². The first kappa shape index (κ1) is 20.9. The number of nitrogens with two attached hydrogens (primary N) is 1. The van der Waals surface area contributed by atoms with Gasteiger partial charge in [0, 0.05) is 37.9 Å². The van der Waals surface area contributed by atoms with Crippen LogP contribution in [-0.2, 0) is 16.2 Å². The lowest BCUT2D eigenvalue weighted by molar-refractivity contribution is -0.388. The number of nitro benzene ring substituents is 1. The lowest BCUT2D eigenvalue weighted by Crippen LogP contribution is -2.47. The van der Waals surface area contributed by atoms with E-state index in [2.05, 4.69) is 0 Å². The first-order valence-corrected chi connectivity index (χ1v) is 10.0. The Hall–Kier alpha value is -2.86. The van der Waals surface area contributed by atoms with Crippen molar-refractivity contribution in [2.45, 2.75) is 11.1 Å². The molecule has 0 unspecified atom stereocenters. The predicted molar refractivity (Wildman–Crippen MR) is 100 cm³/mol. The summed E-state index contributed by atoms with van der Waals surface area (Å²) >= 11 is 0. The average molecular weight is 430 g/mol. The highest BCUT2D eigenvalue weighted by Crippen LogP contribution is 2.38. The molecule has 0 saturated carbocycles. The number of hydrogen-bond donors (Lipinski definition) is 1. The van der Waals surface area contributed by atoms with Crippen molar-refractivity contribution in [3.63, 3.8) is 0 Å². The molecule has 2 aromatic rings. The van der Waals surface area contributed by atoms with Gasteiger partial charge in [-0.25, -0.2) is 13.6 Å². The quantitative estimate of drug-likeness (QED) is 0.590. The Balaban J connectivity index is 1.83. The molecule has 0 atom stereocenters. The average Bonchev–Trinajstić information content (AvgIpc) is 2.66. The third kappa shape index (κ3) is 4.43. The second-order valence-corrected chi connectivity index (χ2v) is 7.97. The van der Waals surface area contributed by atoms with Crippen molar-refractivity contribution in [2.75, 3.05) is 36.0 Å². The highest BCUT2D eigenvalue weighted by molar-refractivity contribution is 7.89. The predicted octanol–water partition coefficient (Wildman–Crippen LogP) is 2.59. The number of halogens is 3. The fraction of sp³-hybridized carbons (Fsp3) is 0.294. The van der Waals surface area contributed by atoms with Gasteiger partial charge in [0.15, 0.2) is 0 Å². The molecule has 2 N–H and O–H groups in total. The Morgan fingerprint density at radius 3 is 2.14 bits per heavy atom. The maximum Gasteiger partial charge on any atom is 0.423 e. The number of nitro groups is 1. The maximum atomic E-state index is 13.2. The molecule has 2 aromatic carbocycles. The molecular formula is C17H17F3N4O4S. The molecule has 0 aliphatic carbocycles. The first-order valence-electron chi connectivity index (χ1n) is 8.46. The summed E-state index contributed by atoms with van der Waals surface area (Å²) in [6.45, 7) is 1.28. The number of nitrogens with zero attached hydrogens (tertiary/aromatic N) is 3. The monoisotopic (exact) mass is 430 g/mol. The highest BCUT2D eigenvalue weighted by Gasteiger charge is 2.39. The molecule has 1 heterocycles. The summed E-state index contributed by atoms with van der Waals surface area (Å²) in [7, 11) is -3.93. The van der Waals surface area contributed by atoms with Crippen molar-refractivity contribution in [1.82, 2.24) is 0 Å². The highest BCUT2D eigenvalue weighted by atomic mass is 32.2. The Bertz CT molecular complexity index is 1040. The van der Waals surface area contributed by atoms with Gasteiger partial charge < -0.3 is 9.80 Å². The Morgan fingerprint density at radius 2 is 1.59 bits per heavy atom. The van der Waals surface area contributed by atoms with Crippen molar-refractivity contribution >= 4 is 27.1 Å². The number of hydrogen-bond acceptors (Lipinski definition) is 6. The van der Waals surface area contributed by atoms with Crippen LogP contribution in [0.25, 0.3) is 0 Å². The SMILES string of the molecule is NS(=O)(=O)c1ccccc1N1CCN(c2ccc([N+](=O)[O-])c(C(F)(F)F)c2)CC1. The standard InChI is InChI=1S/C17H17F3N4O4S/c18-17(19,20)13-11-12(5-6-14(13)24(25)26)22-7-9-23(10-8-22)15-3-1-2-4-16(15)29(21,27)28/h1-6,11H,7-10H2,(H2,21,27,28). The number of benzene rings is 2. The van der Waals surface area contributed by atoms with Crippen molar-refractivity contribution in [3.8, 4) is 0 Å². The maximum absolute atomic E-state index is 13.2. The Labute approximate surface area is 164 Å². The number of rotatable bonds is 4. The largest absolute Gasteiger partial charge is 0.423 e. The molecule has 8 nitrogen and oxygen atoms in total. The first-order chi connectivity index (χ1) is 13.5. The van der Waals surface area contributed by atoms with Gasteiger partial charge in [-0.1, -0.05) is 12.1 Å². The molecule has 0 aromatic heterocycles. The normalized spacial score (nSPS) is 15.4. The van der Waals surface area contributed by atoms with E-state index in [-0.39, 0.29) is 10.6 Å². The molecule has 1 fully saturated rings. The van der Waals surface area contributed by atoms with Crippen LogP contribution >= 0.6 is 0 Å². The van der Waals surface area contributed by atoms with Crippen molar-refractivity contribution in [3.05, 3.63) is 58.1 Å². The third-order valence-electron chi connectivity index (χ3n) is 4.64. The molecule has 1 saturated heterocycles. The zero-order chi connectivity index (χ0) is 21.4. The lowest BCUT2D eigenvalue weighted by atomic mass is 10.1. The third-order valence-corrected chi connectivity index (χ3v) is 5.60. The molecule has 156 valence electrons. The van der Waals surface area contributed by atoms with E-state index in [1.165, 1.54) is 12.1 Å². The number of piperazine rings is 1. The van der Waals surface area contributed by atoms with Crippen LogP contribution in [0.1, 0.15) is 5.56 Å². The molecular weight excluding hydrogens is 413 g/mol. The number of para-hydroxylation sites is 1. The number of alkyl halides is 3. The molecule has 29 heavy (non-hydrogen) atoms. The summed E-state index contributed by atoms with van der Waals surface area (Å²) < 4.78 is 63.1. The minimum Gasteiger partial charge on any atom is -0.368 e. The fourth-order valence-electron chi connectivity index (χ4n) is 3.27. The Morgan fingerprint density at radius 1 is 1.00 bits per heavy atom. The molecule has 1 aliphatic heterocycles. The summed E-state index contributed by atoms with van der Waals surface area (Å²) in [6.07, 6.45) is -4.85. The van der Waals surface area contributed by atoms with Gasteiger partial charge >= 0.3 is 6.18 Å². The zero-order valence-corrected chi connectivity index (χ0v) is 15.8. The van der Waals surface area contributed by atoms with Gasteiger partial charge in [-0.15, -0.1) is 0 Å². The van der Waals surface area contributed by atoms with Crippen molar-refractivity contribution < 1.29 is 26.5 Å². The van der Waals surface area contributed by atoms with Gasteiger partial charge in [0.05, 0.1) is 10.6 Å². The minimum atomic E-state index is -4.85. The second kappa shape index (κ2) is 7.52. The van der Waals surface area contributed by atoms with Gasteiger partial charge in [-0.3, -0.25) is 10.1 Å². The van der Waals surface area contributed by atoms with Crippen LogP contribution in [0.4, 0.5) is 30.2 Å². The van der Waals surface area contributed by atoms with E-state index in [0.29, 0.717) is 31.9 Å². The van der Waals surface area contributed by atoms with E-state index in [1.807, 2.05) is 0 Å². The molecule has 0 radical (unpaired) electrons. The van der Waals surface area contributed by atoms with Crippen LogP contribution in [-0.4, -0.2) is 39.5 Å². The zero-order valence-electron chi connectivity index (χ0n) is 15.0. The number of sulfonamides is 1. The van der Waals surface area contributed by atoms with Crippen LogP contribution < -0.4 is 14.9 Å². The van der Waals surface area contributed by atoms with Crippen LogP contribution in [0.5, 0.6) is 0 Å². The van der Waals surface area contributed by atoms with E-state index in [4.69, 9.17) is 5.14 Å². The van der Waals surface area contributed by atoms with E-state index < -0.39 is 32.4 Å². The van der Waals surface area contributed by atoms with Crippen LogP contribution in [0.3, 0.4) is 0 Å². The molecule has 0 spiro atoms. The van der Waals surface area contributed by atoms with E-state index in [9.17, 15) is 31.7 Å². The molecule has 0 bridgehead atoms. The van der Waals surface area contributed by atoms with Gasteiger partial charge in [-0.2, -0.15) is 13.2 Å². The van der Waals surface area contributed by atoms with Crippen LogP contribution in [0.2, 0.25) is 0 Å². The van der Waals surface area contributed by atoms with Crippen LogP contribution in [0, 0.1) is 10.1 Å². The smallest absolute Gasteiger partial charge is 0.368 e. The van der Waals surface area contributed by atoms with Crippen molar-refractivity contribution in [2.24, 2.45) is 5.14 Å². The summed E-state index contributed by atoms with van der Waals surface area (Å²) in [6, 6.07) is 9.12. The van der Waals surface area contributed by atoms with Gasteiger partial charge in [-0.05, 0) is 24.3 Å². The second-order valence-electron chi connectivity index (χ2n) is 6.44.